The molecule has 0 atom stereocenters. The smallest absolute Gasteiger partial charge is 0.220 e. The molecule has 0 spiro atoms. The first-order chi connectivity index (χ1) is 9.36. The number of fused-ring (bicyclic) bond motifs is 3. The summed E-state index contributed by atoms with van der Waals surface area (Å²) in [6, 6.07) is 16.3. The minimum absolute atomic E-state index is 0.830. The summed E-state index contributed by atoms with van der Waals surface area (Å²) in [6.07, 6.45) is 2.05. The van der Waals surface area contributed by atoms with Crippen LogP contribution in [0.2, 0.25) is 0 Å². The molecule has 0 radical (unpaired) electrons. The summed E-state index contributed by atoms with van der Waals surface area (Å²) in [4.78, 5) is 0. The molecule has 0 fully saturated rings. The lowest BCUT2D eigenvalue weighted by Crippen LogP contribution is -2.68. The van der Waals surface area contributed by atoms with Crippen LogP contribution in [0.4, 0.5) is 5.69 Å². The van der Waals surface area contributed by atoms with Crippen molar-refractivity contribution in [2.24, 2.45) is 0 Å². The molecule has 0 saturated carbocycles. The van der Waals surface area contributed by atoms with Crippen LogP contribution in [0.25, 0.3) is 16.4 Å². The third kappa shape index (κ3) is 3.53. The lowest BCUT2D eigenvalue weighted by Gasteiger charge is -2.17. The molecule has 3 rings (SSSR count). The summed E-state index contributed by atoms with van der Waals surface area (Å²) >= 11 is 0. The number of nitrogens with zero attached hydrogens (tertiary/aromatic N) is 1. The van der Waals surface area contributed by atoms with Gasteiger partial charge in [-0.1, -0.05) is 12.1 Å². The van der Waals surface area contributed by atoms with Crippen LogP contribution in [0.5, 0.6) is 0 Å². The topological polar surface area (TPSA) is 122 Å². The van der Waals surface area contributed by atoms with Gasteiger partial charge in [-0.25, -0.2) is 18.6 Å². The summed E-state index contributed by atoms with van der Waals surface area (Å²) < 4.78 is 36.1. The highest BCUT2D eigenvalue weighted by Gasteiger charge is 2.09. The Labute approximate surface area is 116 Å². The first-order valence-electron chi connectivity index (χ1n) is 5.55. The Bertz CT molecular complexity index is 737. The van der Waals surface area contributed by atoms with Crippen LogP contribution in [-0.4, -0.2) is 0 Å². The van der Waals surface area contributed by atoms with Crippen molar-refractivity contribution in [3.05, 3.63) is 54.7 Å². The first kappa shape index (κ1) is 14.4. The number of nitrogens with two attached hydrogens (primary N) is 1. The van der Waals surface area contributed by atoms with Crippen molar-refractivity contribution >= 4 is 22.1 Å². The molecule has 104 valence electrons. The van der Waals surface area contributed by atoms with E-state index >= 15 is 0 Å². The fourth-order valence-electron chi connectivity index (χ4n) is 1.96. The average molecular weight is 295 g/mol. The van der Waals surface area contributed by atoms with E-state index in [4.69, 9.17) is 24.4 Å². The summed E-state index contributed by atoms with van der Waals surface area (Å²) in [5.74, 6) is 0. The standard InChI is InChI=1S/C13H10N2.ClHO4/c14-12-9-10-5-3-4-8-15(10)13-7-2-1-6-11(12)13;2-1(3,4)5/h1-9,14H;(H,2,3,4,5). The number of aromatic nitrogens is 1. The maximum absolute atomic E-state index is 8.49. The van der Waals surface area contributed by atoms with E-state index in [0.29, 0.717) is 0 Å². The van der Waals surface area contributed by atoms with E-state index in [1.54, 1.807) is 0 Å². The molecule has 7 heteroatoms. The summed E-state index contributed by atoms with van der Waals surface area (Å²) in [5, 5.41) is 1.10. The van der Waals surface area contributed by atoms with Gasteiger partial charge in [-0.05, 0) is 12.1 Å². The van der Waals surface area contributed by atoms with Gasteiger partial charge in [0, 0.05) is 24.3 Å². The molecule has 2 aromatic heterocycles. The lowest BCUT2D eigenvalue weighted by molar-refractivity contribution is -2.00. The number of para-hydroxylation sites is 1. The van der Waals surface area contributed by atoms with Gasteiger partial charge in [-0.2, -0.15) is 4.40 Å². The first-order valence-corrected chi connectivity index (χ1v) is 6.79. The molecule has 6 nitrogen and oxygen atoms in total. The van der Waals surface area contributed by atoms with Gasteiger partial charge in [-0.15, -0.1) is 10.2 Å². The quantitative estimate of drug-likeness (QED) is 0.360. The maximum Gasteiger partial charge on any atom is 0.220 e. The second-order valence-corrected chi connectivity index (χ2v) is 4.75. The van der Waals surface area contributed by atoms with E-state index in [1.807, 2.05) is 36.4 Å². The normalized spacial score (nSPS) is 11.2. The number of anilines is 1. The van der Waals surface area contributed by atoms with Crippen LogP contribution in [0.1, 0.15) is 0 Å². The van der Waals surface area contributed by atoms with Gasteiger partial charge >= 0.3 is 0 Å². The number of halogens is 1. The van der Waals surface area contributed by atoms with Gasteiger partial charge in [0.1, 0.15) is 0 Å². The molecule has 3 aromatic rings. The zero-order valence-electron chi connectivity index (χ0n) is 10.2. The van der Waals surface area contributed by atoms with Crippen molar-refractivity contribution in [2.45, 2.75) is 0 Å². The van der Waals surface area contributed by atoms with Crippen LogP contribution < -0.4 is 28.8 Å². The van der Waals surface area contributed by atoms with Crippen molar-refractivity contribution in [1.82, 2.24) is 0 Å². The van der Waals surface area contributed by atoms with Crippen LogP contribution in [-0.2, 0) is 0 Å². The monoisotopic (exact) mass is 294 g/mol. The number of rotatable bonds is 0. The summed E-state index contributed by atoms with van der Waals surface area (Å²) in [5.41, 5.74) is 9.10. The number of nitrogen functional groups attached to an aromatic ring is 1. The SMILES string of the molecule is Nc1cc2cccc[n+]2c2ccccc12.[O-][Cl+3]([O-])([O-])[O-]. The van der Waals surface area contributed by atoms with E-state index in [1.165, 1.54) is 0 Å². The Hall–Kier alpha value is -1.96. The predicted molar refractivity (Wildman–Crippen MR) is 61.5 cm³/mol. The molecule has 20 heavy (non-hydrogen) atoms. The van der Waals surface area contributed by atoms with Gasteiger partial charge in [0.05, 0.1) is 11.1 Å². The van der Waals surface area contributed by atoms with Gasteiger partial charge < -0.3 is 5.73 Å². The van der Waals surface area contributed by atoms with E-state index in [9.17, 15) is 0 Å². The third-order valence-corrected chi connectivity index (χ3v) is 2.67. The molecular formula is C13H11ClN2O4. The third-order valence-electron chi connectivity index (χ3n) is 2.67. The Morgan fingerprint density at radius 1 is 0.900 bits per heavy atom. The van der Waals surface area contributed by atoms with Crippen LogP contribution in [0.15, 0.2) is 54.7 Å². The van der Waals surface area contributed by atoms with Gasteiger partial charge in [0.2, 0.25) is 11.0 Å². The molecule has 0 bridgehead atoms. The van der Waals surface area contributed by atoms with Gasteiger partial charge in [0.15, 0.2) is 6.20 Å². The van der Waals surface area contributed by atoms with E-state index < -0.39 is 10.2 Å². The number of benzene rings is 1. The zero-order valence-corrected chi connectivity index (χ0v) is 11.0. The Morgan fingerprint density at radius 2 is 1.50 bits per heavy atom. The van der Waals surface area contributed by atoms with Crippen molar-refractivity contribution in [3.63, 3.8) is 0 Å². The molecule has 0 aliphatic heterocycles. The highest BCUT2D eigenvalue weighted by Crippen LogP contribution is 2.18. The molecule has 0 amide bonds. The van der Waals surface area contributed by atoms with Gasteiger partial charge in [-0.3, -0.25) is 0 Å². The molecule has 2 heterocycles. The van der Waals surface area contributed by atoms with Crippen molar-refractivity contribution in [3.8, 4) is 0 Å². The highest BCUT2D eigenvalue weighted by atomic mass is 35.7. The fourth-order valence-corrected chi connectivity index (χ4v) is 1.96. The number of hydrogen-bond donors (Lipinski definition) is 1. The Morgan fingerprint density at radius 3 is 2.20 bits per heavy atom. The molecule has 0 aliphatic carbocycles. The molecule has 2 N–H and O–H groups in total. The Kier molecular flexibility index (Phi) is 4.03. The molecule has 0 unspecified atom stereocenters. The minimum atomic E-state index is -4.94. The largest absolute Gasteiger partial charge is 0.398 e. The maximum atomic E-state index is 8.49. The van der Waals surface area contributed by atoms with E-state index in [0.717, 1.165) is 22.1 Å². The van der Waals surface area contributed by atoms with Crippen molar-refractivity contribution in [1.29, 1.82) is 0 Å². The molecular weight excluding hydrogens is 284 g/mol. The number of hydrogen-bond acceptors (Lipinski definition) is 5. The second kappa shape index (κ2) is 5.58. The lowest BCUT2D eigenvalue weighted by atomic mass is 10.1. The predicted octanol–water partition coefficient (Wildman–Crippen LogP) is -2.60. The minimum Gasteiger partial charge on any atom is -0.398 e. The average Bonchev–Trinajstić information content (AvgIpc) is 2.37. The van der Waals surface area contributed by atoms with Crippen molar-refractivity contribution in [2.75, 3.05) is 5.73 Å². The van der Waals surface area contributed by atoms with E-state index in [-0.39, 0.29) is 0 Å². The Balaban J connectivity index is 0.000000257. The number of pyridine rings is 2. The van der Waals surface area contributed by atoms with Crippen LogP contribution >= 0.6 is 0 Å². The molecule has 0 saturated heterocycles. The molecule has 0 aliphatic rings. The summed E-state index contributed by atoms with van der Waals surface area (Å²) in [7, 11) is -4.94. The van der Waals surface area contributed by atoms with Crippen molar-refractivity contribution < 1.29 is 33.3 Å². The van der Waals surface area contributed by atoms with Gasteiger partial charge in [0.25, 0.3) is 0 Å². The van der Waals surface area contributed by atoms with E-state index in [2.05, 4.69) is 22.7 Å². The summed E-state index contributed by atoms with van der Waals surface area (Å²) in [6.45, 7) is 0. The highest BCUT2D eigenvalue weighted by molar-refractivity contribution is 5.89. The fraction of sp³-hybridized carbons (Fsp3) is 0. The zero-order chi connectivity index (χ0) is 14.8. The van der Waals surface area contributed by atoms with Crippen LogP contribution in [0, 0.1) is 10.2 Å². The molecule has 1 aromatic carbocycles. The second-order valence-electron chi connectivity index (χ2n) is 3.99. The van der Waals surface area contributed by atoms with Crippen LogP contribution in [0.3, 0.4) is 0 Å².